The fraction of sp³-hybridized carbons (Fsp3) is 0.462. The number of rotatable bonds is 2. The third-order valence-corrected chi connectivity index (χ3v) is 3.27. The normalized spacial score (nSPS) is 29.4. The molecule has 2 aliphatic heterocycles. The molecule has 1 fully saturated rings. The number of carbonyl (C=O) groups excluding carboxylic acids is 1. The Morgan fingerprint density at radius 1 is 1.53 bits per heavy atom. The molecule has 0 aromatic heterocycles. The summed E-state index contributed by atoms with van der Waals surface area (Å²) >= 11 is 0. The molecular weight excluding hydrogens is 220 g/mol. The first-order chi connectivity index (χ1) is 8.28. The number of fused-ring (bicyclic) bond motifs is 2. The average molecular weight is 234 g/mol. The third-order valence-electron chi connectivity index (χ3n) is 3.27. The van der Waals surface area contributed by atoms with Crippen molar-refractivity contribution in [2.45, 2.75) is 25.0 Å². The number of ether oxygens (including phenoxy) is 3. The van der Waals surface area contributed by atoms with E-state index < -0.39 is 11.7 Å². The maximum atomic E-state index is 11.7. The summed E-state index contributed by atoms with van der Waals surface area (Å²) in [6.07, 6.45) is 0.237. The maximum absolute atomic E-state index is 11.7. The molecule has 0 bridgehead atoms. The molecule has 3 rings (SSSR count). The molecule has 2 aliphatic rings. The molecule has 90 valence electrons. The molecule has 1 saturated heterocycles. The number of esters is 1. The van der Waals surface area contributed by atoms with Crippen LogP contribution in [0.5, 0.6) is 5.75 Å². The highest BCUT2D eigenvalue weighted by atomic mass is 16.7. The molecule has 4 heteroatoms. The van der Waals surface area contributed by atoms with Crippen LogP contribution in [-0.4, -0.2) is 25.3 Å². The lowest BCUT2D eigenvalue weighted by Gasteiger charge is -2.23. The smallest absolute Gasteiger partial charge is 0.338 e. The zero-order valence-corrected chi connectivity index (χ0v) is 9.64. The van der Waals surface area contributed by atoms with Gasteiger partial charge in [0.15, 0.2) is 6.10 Å². The molecule has 1 aromatic rings. The van der Waals surface area contributed by atoms with E-state index in [-0.39, 0.29) is 5.97 Å². The van der Waals surface area contributed by atoms with Crippen LogP contribution >= 0.6 is 0 Å². The molecule has 0 aliphatic carbocycles. The first kappa shape index (κ1) is 10.6. The Labute approximate surface area is 99.5 Å². The Balaban J connectivity index is 1.90. The van der Waals surface area contributed by atoms with E-state index in [1.54, 1.807) is 6.92 Å². The highest BCUT2D eigenvalue weighted by Gasteiger charge is 2.64. The largest absolute Gasteiger partial charge is 0.493 e. The molecule has 2 unspecified atom stereocenters. The summed E-state index contributed by atoms with van der Waals surface area (Å²) in [5, 5.41) is 0. The fourth-order valence-corrected chi connectivity index (χ4v) is 2.42. The first-order valence-corrected chi connectivity index (χ1v) is 5.84. The van der Waals surface area contributed by atoms with E-state index in [4.69, 9.17) is 14.2 Å². The van der Waals surface area contributed by atoms with Crippen LogP contribution in [0.2, 0.25) is 0 Å². The zero-order valence-electron chi connectivity index (χ0n) is 9.64. The second kappa shape index (κ2) is 3.74. The second-order valence-electron chi connectivity index (χ2n) is 4.23. The summed E-state index contributed by atoms with van der Waals surface area (Å²) in [7, 11) is 0. The summed E-state index contributed by atoms with van der Waals surface area (Å²) < 4.78 is 16.2. The Morgan fingerprint density at radius 3 is 3.18 bits per heavy atom. The molecule has 4 nitrogen and oxygen atoms in total. The van der Waals surface area contributed by atoms with E-state index in [1.807, 2.05) is 24.3 Å². The molecule has 0 radical (unpaired) electrons. The third kappa shape index (κ3) is 1.52. The van der Waals surface area contributed by atoms with E-state index in [9.17, 15) is 4.79 Å². The number of hydrogen-bond acceptors (Lipinski definition) is 4. The van der Waals surface area contributed by atoms with Gasteiger partial charge in [0.25, 0.3) is 0 Å². The zero-order chi connectivity index (χ0) is 11.9. The lowest BCUT2D eigenvalue weighted by atomic mass is 9.90. The SMILES string of the molecule is CCOC(=O)C1OC12CCOc1ccccc12. The van der Waals surface area contributed by atoms with Crippen LogP contribution in [0.3, 0.4) is 0 Å². The van der Waals surface area contributed by atoms with Crippen LogP contribution < -0.4 is 4.74 Å². The van der Waals surface area contributed by atoms with Crippen LogP contribution in [0, 0.1) is 0 Å². The van der Waals surface area contributed by atoms with Crippen molar-refractivity contribution < 1.29 is 19.0 Å². The van der Waals surface area contributed by atoms with Crippen molar-refractivity contribution in [3.8, 4) is 5.75 Å². The van der Waals surface area contributed by atoms with Crippen LogP contribution in [-0.2, 0) is 19.9 Å². The predicted molar refractivity (Wildman–Crippen MR) is 59.7 cm³/mol. The highest BCUT2D eigenvalue weighted by Crippen LogP contribution is 2.54. The van der Waals surface area contributed by atoms with Crippen LogP contribution in [0.15, 0.2) is 24.3 Å². The van der Waals surface area contributed by atoms with Crippen molar-refractivity contribution in [1.29, 1.82) is 0 Å². The molecule has 0 saturated carbocycles. The van der Waals surface area contributed by atoms with Crippen molar-refractivity contribution in [2.75, 3.05) is 13.2 Å². The first-order valence-electron chi connectivity index (χ1n) is 5.84. The van der Waals surface area contributed by atoms with E-state index in [0.717, 1.165) is 11.3 Å². The van der Waals surface area contributed by atoms with Crippen molar-refractivity contribution >= 4 is 5.97 Å². The van der Waals surface area contributed by atoms with Gasteiger partial charge in [-0.2, -0.15) is 0 Å². The van der Waals surface area contributed by atoms with E-state index in [0.29, 0.717) is 19.6 Å². The monoisotopic (exact) mass is 234 g/mol. The standard InChI is InChI=1S/C13H14O4/c1-2-15-12(14)11-13(17-11)7-8-16-10-6-4-3-5-9(10)13/h3-6,11H,2,7-8H2,1H3. The molecule has 1 aromatic carbocycles. The summed E-state index contributed by atoms with van der Waals surface area (Å²) in [5.74, 6) is 0.537. The van der Waals surface area contributed by atoms with Gasteiger partial charge >= 0.3 is 5.97 Å². The topological polar surface area (TPSA) is 48.1 Å². The number of para-hydroxylation sites is 1. The van der Waals surface area contributed by atoms with Gasteiger partial charge in [-0.15, -0.1) is 0 Å². The van der Waals surface area contributed by atoms with Gasteiger partial charge in [-0.25, -0.2) is 4.79 Å². The van der Waals surface area contributed by atoms with Crippen molar-refractivity contribution in [3.63, 3.8) is 0 Å². The van der Waals surface area contributed by atoms with Gasteiger partial charge in [0.2, 0.25) is 0 Å². The highest BCUT2D eigenvalue weighted by molar-refractivity contribution is 5.80. The Hall–Kier alpha value is -1.55. The van der Waals surface area contributed by atoms with Crippen LogP contribution in [0.25, 0.3) is 0 Å². The Bertz CT molecular complexity index is 456. The average Bonchev–Trinajstić information content (AvgIpc) is 3.06. The van der Waals surface area contributed by atoms with Crippen molar-refractivity contribution in [3.05, 3.63) is 29.8 Å². The van der Waals surface area contributed by atoms with Gasteiger partial charge in [0.1, 0.15) is 11.4 Å². The minimum Gasteiger partial charge on any atom is -0.493 e. The van der Waals surface area contributed by atoms with Crippen molar-refractivity contribution in [1.82, 2.24) is 0 Å². The van der Waals surface area contributed by atoms with E-state index in [2.05, 4.69) is 0 Å². The van der Waals surface area contributed by atoms with Crippen LogP contribution in [0.4, 0.5) is 0 Å². The van der Waals surface area contributed by atoms with Gasteiger partial charge in [-0.3, -0.25) is 0 Å². The molecule has 0 amide bonds. The van der Waals surface area contributed by atoms with Gasteiger partial charge in [0, 0.05) is 12.0 Å². The van der Waals surface area contributed by atoms with Gasteiger partial charge < -0.3 is 14.2 Å². The predicted octanol–water partition coefficient (Wildman–Crippen LogP) is 1.63. The van der Waals surface area contributed by atoms with E-state index in [1.165, 1.54) is 0 Å². The van der Waals surface area contributed by atoms with Crippen LogP contribution in [0.1, 0.15) is 18.9 Å². The lowest BCUT2D eigenvalue weighted by molar-refractivity contribution is -0.144. The summed E-state index contributed by atoms with van der Waals surface area (Å²) in [4.78, 5) is 11.7. The summed E-state index contributed by atoms with van der Waals surface area (Å²) in [6, 6.07) is 7.70. The van der Waals surface area contributed by atoms with Gasteiger partial charge in [0.05, 0.1) is 13.2 Å². The lowest BCUT2D eigenvalue weighted by Crippen LogP contribution is -2.27. The summed E-state index contributed by atoms with van der Waals surface area (Å²) in [6.45, 7) is 2.75. The Morgan fingerprint density at radius 2 is 2.35 bits per heavy atom. The molecule has 2 atom stereocenters. The number of epoxide rings is 1. The number of hydrogen-bond donors (Lipinski definition) is 0. The second-order valence-corrected chi connectivity index (χ2v) is 4.23. The fourth-order valence-electron chi connectivity index (χ4n) is 2.42. The van der Waals surface area contributed by atoms with Gasteiger partial charge in [-0.1, -0.05) is 18.2 Å². The maximum Gasteiger partial charge on any atom is 0.338 e. The Kier molecular flexibility index (Phi) is 2.33. The minimum atomic E-state index is -0.499. The molecule has 17 heavy (non-hydrogen) atoms. The van der Waals surface area contributed by atoms with Crippen molar-refractivity contribution in [2.24, 2.45) is 0 Å². The molecule has 0 N–H and O–H groups in total. The van der Waals surface area contributed by atoms with E-state index >= 15 is 0 Å². The van der Waals surface area contributed by atoms with Gasteiger partial charge in [-0.05, 0) is 13.0 Å². The quantitative estimate of drug-likeness (QED) is 0.576. The summed E-state index contributed by atoms with van der Waals surface area (Å²) in [5.41, 5.74) is 0.463. The number of carbonyl (C=O) groups is 1. The molecule has 1 spiro atoms. The molecular formula is C13H14O4. The number of benzene rings is 1. The minimum absolute atomic E-state index is 0.274. The molecule has 2 heterocycles.